The molecule has 0 aromatic carbocycles. The average Bonchev–Trinajstić information content (AvgIpc) is 2.79. The predicted molar refractivity (Wildman–Crippen MR) is 133 cm³/mol. The number of rotatable bonds is 11. The number of allylic oxidation sites excluding steroid dienone is 1. The van der Waals surface area contributed by atoms with Crippen molar-refractivity contribution < 1.29 is 24.7 Å². The van der Waals surface area contributed by atoms with Crippen molar-refractivity contribution in [2.75, 3.05) is 32.8 Å². The summed E-state index contributed by atoms with van der Waals surface area (Å²) in [7, 11) is -1.49. The van der Waals surface area contributed by atoms with Crippen molar-refractivity contribution in [2.24, 2.45) is 0 Å². The molecule has 2 heterocycles. The van der Waals surface area contributed by atoms with Gasteiger partial charge in [0.25, 0.3) is 8.53 Å². The summed E-state index contributed by atoms with van der Waals surface area (Å²) >= 11 is 0. The molecule has 0 aromatic rings. The molecule has 2 aliphatic rings. The van der Waals surface area contributed by atoms with E-state index >= 15 is 0 Å². The quantitative estimate of drug-likeness (QED) is 0.186. The second-order valence-electron chi connectivity index (χ2n) is 9.79. The van der Waals surface area contributed by atoms with Crippen LogP contribution >= 0.6 is 8.53 Å². The summed E-state index contributed by atoms with van der Waals surface area (Å²) in [5.74, 6) is -0.478. The molecule has 2 rings (SSSR count). The first-order valence-corrected chi connectivity index (χ1v) is 13.0. The Morgan fingerprint density at radius 3 is 2.53 bits per heavy atom. The van der Waals surface area contributed by atoms with Crippen LogP contribution in [0.1, 0.15) is 63.2 Å². The van der Waals surface area contributed by atoms with Crippen LogP contribution in [0.15, 0.2) is 11.8 Å². The van der Waals surface area contributed by atoms with Crippen LogP contribution in [-0.2, 0) is 23.4 Å². The largest absolute Gasteiger partial charge is 0.347 e. The van der Waals surface area contributed by atoms with Crippen LogP contribution in [-0.4, -0.2) is 89.0 Å². The highest BCUT2D eigenvalue weighted by Crippen LogP contribution is 2.47. The molecule has 0 bridgehead atoms. The number of ketones is 1. The molecule has 0 aromatic heterocycles. The van der Waals surface area contributed by atoms with Crippen molar-refractivity contribution in [3.63, 3.8) is 0 Å². The molecular formula is C24H41N4O5P. The van der Waals surface area contributed by atoms with Crippen molar-refractivity contribution in [3.8, 4) is 0 Å². The summed E-state index contributed by atoms with van der Waals surface area (Å²) in [5.41, 5.74) is -0.469. The smallest absolute Gasteiger partial charge is 0.259 e. The third-order valence-electron chi connectivity index (χ3n) is 5.77. The van der Waals surface area contributed by atoms with Crippen LogP contribution in [0, 0.1) is 6.57 Å². The lowest BCUT2D eigenvalue weighted by molar-refractivity contribution is -0.206. The Hall–Kier alpha value is -1.40. The summed E-state index contributed by atoms with van der Waals surface area (Å²) in [5, 5.41) is 0. The first-order valence-electron chi connectivity index (χ1n) is 12.6. The standard InChI is InChI=1S/C24H41N4O5P/c1-17(2)26-14-23(27-13-20(7)21(29)12-22(27)30)33-24(8,15-26)16-32-34(31-11-10-25-9)28(18(3)4)19(5)6/h13,17-19,23H,10-12,14-16H2,1-8H3/t23-,24+,34?/m1/s1/i8D. The van der Waals surface area contributed by atoms with Gasteiger partial charge in [-0.1, -0.05) is 0 Å². The van der Waals surface area contributed by atoms with E-state index in [1.807, 2.05) is 0 Å². The SMILES string of the molecule is [2H]C[C@@]1(COP(OCC[N+]#[C-])N(C(C)C)C(C)C)CN(C(C)C)C[C@H](N2C=C(C)C(=O)CC2=O)O1. The molecule has 1 amide bonds. The minimum Gasteiger partial charge on any atom is -0.347 e. The molecule has 0 saturated carbocycles. The Kier molecular flexibility index (Phi) is 10.0. The molecule has 3 atom stereocenters. The highest BCUT2D eigenvalue weighted by atomic mass is 31.2. The van der Waals surface area contributed by atoms with Gasteiger partial charge in [0.1, 0.15) is 18.4 Å². The highest BCUT2D eigenvalue weighted by Gasteiger charge is 2.43. The maximum Gasteiger partial charge on any atom is 0.259 e. The van der Waals surface area contributed by atoms with E-state index in [-0.39, 0.29) is 62.9 Å². The van der Waals surface area contributed by atoms with E-state index in [9.17, 15) is 9.59 Å². The van der Waals surface area contributed by atoms with Gasteiger partial charge in [-0.15, -0.1) is 0 Å². The van der Waals surface area contributed by atoms with Crippen LogP contribution in [0.3, 0.4) is 0 Å². The zero-order valence-corrected chi connectivity index (χ0v) is 22.5. The maximum atomic E-state index is 12.7. The minimum absolute atomic E-state index is 0.0645. The number of amides is 1. The fraction of sp³-hybridized carbons (Fsp3) is 0.792. The Balaban J connectivity index is 2.30. The van der Waals surface area contributed by atoms with E-state index in [0.717, 1.165) is 0 Å². The number of carbonyl (C=O) groups is 2. The monoisotopic (exact) mass is 497 g/mol. The molecule has 2 aliphatic heterocycles. The third kappa shape index (κ3) is 7.55. The van der Waals surface area contributed by atoms with Gasteiger partial charge in [0, 0.05) is 44.4 Å². The van der Waals surface area contributed by atoms with E-state index in [1.165, 1.54) is 4.90 Å². The van der Waals surface area contributed by atoms with Crippen LogP contribution in [0.25, 0.3) is 4.85 Å². The van der Waals surface area contributed by atoms with Crippen LogP contribution in [0.4, 0.5) is 0 Å². The fourth-order valence-electron chi connectivity index (χ4n) is 4.06. The summed E-state index contributed by atoms with van der Waals surface area (Å²) < 4.78 is 29.4. The van der Waals surface area contributed by atoms with Gasteiger partial charge in [-0.2, -0.15) is 0 Å². The Morgan fingerprint density at radius 1 is 1.29 bits per heavy atom. The number of morpholine rings is 1. The molecule has 192 valence electrons. The van der Waals surface area contributed by atoms with Gasteiger partial charge in [0.05, 0.1) is 13.0 Å². The Bertz CT molecular complexity index is 810. The lowest BCUT2D eigenvalue weighted by Crippen LogP contribution is -2.62. The van der Waals surface area contributed by atoms with Crippen molar-refractivity contribution in [1.29, 1.82) is 0 Å². The Labute approximate surface area is 207 Å². The number of Topliss-reactive ketones (excluding diaryl/α,β-unsaturated/α-hetero) is 1. The highest BCUT2D eigenvalue weighted by molar-refractivity contribution is 7.44. The van der Waals surface area contributed by atoms with E-state index in [1.54, 1.807) is 13.1 Å². The van der Waals surface area contributed by atoms with Crippen molar-refractivity contribution in [3.05, 3.63) is 23.2 Å². The average molecular weight is 498 g/mol. The van der Waals surface area contributed by atoms with E-state index < -0.39 is 20.4 Å². The molecule has 34 heavy (non-hydrogen) atoms. The number of nitrogens with zero attached hydrogens (tertiary/aromatic N) is 4. The van der Waals surface area contributed by atoms with Gasteiger partial charge in [0.15, 0.2) is 5.78 Å². The summed E-state index contributed by atoms with van der Waals surface area (Å²) in [6, 6.07) is 0.479. The number of hydrogen-bond donors (Lipinski definition) is 0. The van der Waals surface area contributed by atoms with E-state index in [0.29, 0.717) is 18.7 Å². The summed E-state index contributed by atoms with van der Waals surface area (Å²) in [6.07, 6.45) is 0.764. The van der Waals surface area contributed by atoms with Crippen molar-refractivity contribution in [1.82, 2.24) is 14.5 Å². The first-order chi connectivity index (χ1) is 16.4. The van der Waals surface area contributed by atoms with Gasteiger partial charge in [-0.3, -0.25) is 19.4 Å². The van der Waals surface area contributed by atoms with Gasteiger partial charge in [0.2, 0.25) is 12.5 Å². The number of ether oxygens (including phenoxy) is 1. The molecular weight excluding hydrogens is 455 g/mol. The van der Waals surface area contributed by atoms with Crippen molar-refractivity contribution in [2.45, 2.75) is 91.7 Å². The lowest BCUT2D eigenvalue weighted by Gasteiger charge is -2.49. The second kappa shape index (κ2) is 12.5. The van der Waals surface area contributed by atoms with Gasteiger partial charge in [-0.05, 0) is 55.4 Å². The molecule has 0 radical (unpaired) electrons. The van der Waals surface area contributed by atoms with E-state index in [4.69, 9.17) is 21.7 Å². The molecule has 1 saturated heterocycles. The van der Waals surface area contributed by atoms with Crippen molar-refractivity contribution >= 4 is 20.2 Å². The second-order valence-corrected chi connectivity index (χ2v) is 11.2. The molecule has 10 heteroatoms. The normalized spacial score (nSPS) is 25.8. The molecule has 0 N–H and O–H groups in total. The maximum absolute atomic E-state index is 12.7. The van der Waals surface area contributed by atoms with Gasteiger partial charge < -0.3 is 18.6 Å². The van der Waals surface area contributed by atoms with E-state index in [2.05, 4.69) is 56.0 Å². The summed E-state index contributed by atoms with van der Waals surface area (Å²) in [6.45, 7) is 22.7. The number of hydrogen-bond acceptors (Lipinski definition) is 7. The molecule has 0 spiro atoms. The predicted octanol–water partition coefficient (Wildman–Crippen LogP) is 3.82. The van der Waals surface area contributed by atoms with Gasteiger partial charge in [-0.25, -0.2) is 11.2 Å². The summed E-state index contributed by atoms with van der Waals surface area (Å²) in [4.78, 5) is 31.8. The molecule has 0 aliphatic carbocycles. The third-order valence-corrected chi connectivity index (χ3v) is 7.82. The lowest BCUT2D eigenvalue weighted by atomic mass is 10.0. The first kappa shape index (κ1) is 27.2. The van der Waals surface area contributed by atoms with Crippen LogP contribution < -0.4 is 0 Å². The molecule has 9 nitrogen and oxygen atoms in total. The zero-order chi connectivity index (χ0) is 26.3. The minimum atomic E-state index is -1.49. The molecule has 1 fully saturated rings. The number of carbonyl (C=O) groups excluding carboxylic acids is 2. The fourth-order valence-corrected chi connectivity index (χ4v) is 5.74. The Morgan fingerprint density at radius 2 is 1.97 bits per heavy atom. The van der Waals surface area contributed by atoms with Crippen LogP contribution in [0.2, 0.25) is 0 Å². The molecule has 1 unspecified atom stereocenters. The van der Waals surface area contributed by atoms with Gasteiger partial charge >= 0.3 is 0 Å². The zero-order valence-electron chi connectivity index (χ0n) is 22.6. The topological polar surface area (TPSA) is 75.9 Å². The van der Waals surface area contributed by atoms with Crippen LogP contribution in [0.5, 0.6) is 0 Å².